The van der Waals surface area contributed by atoms with Crippen LogP contribution in [0.5, 0.6) is 0 Å². The molecule has 1 saturated heterocycles. The van der Waals surface area contributed by atoms with Crippen molar-refractivity contribution in [2.45, 2.75) is 19.4 Å². The Morgan fingerprint density at radius 3 is 2.57 bits per heavy atom. The molecule has 1 amide bonds. The number of tetrazole rings is 1. The van der Waals surface area contributed by atoms with Crippen molar-refractivity contribution >= 4 is 5.91 Å². The third-order valence-electron chi connectivity index (χ3n) is 5.36. The molecule has 28 heavy (non-hydrogen) atoms. The third-order valence-corrected chi connectivity index (χ3v) is 5.36. The van der Waals surface area contributed by atoms with E-state index in [0.29, 0.717) is 25.5 Å². The van der Waals surface area contributed by atoms with Crippen LogP contribution in [0, 0.1) is 12.8 Å². The number of likely N-dealkylation sites (tertiary alicyclic amines) is 1. The first kappa shape index (κ1) is 18.3. The van der Waals surface area contributed by atoms with Crippen molar-refractivity contribution in [1.29, 1.82) is 0 Å². The van der Waals surface area contributed by atoms with Crippen molar-refractivity contribution in [3.8, 4) is 11.4 Å². The molecule has 1 aliphatic rings. The number of carbonyl (C=O) groups excluding carboxylic acids is 1. The normalized spacial score (nSPS) is 19.1. The molecule has 2 heterocycles. The average Bonchev–Trinajstić information content (AvgIpc) is 3.36. The summed E-state index contributed by atoms with van der Waals surface area (Å²) in [6, 6.07) is 18.2. The van der Waals surface area contributed by atoms with Gasteiger partial charge in [-0.1, -0.05) is 60.2 Å². The van der Waals surface area contributed by atoms with Gasteiger partial charge in [-0.2, -0.15) is 4.80 Å². The number of hydrogen-bond acceptors (Lipinski definition) is 5. The molecule has 0 radical (unpaired) electrons. The van der Waals surface area contributed by atoms with E-state index in [0.717, 1.165) is 5.56 Å². The SMILES string of the molecule is Cc1ccc(-c2nnn(CC(=O)N3C[C@@H](CN)[C@H](c4ccccc4)C3)n2)cc1. The zero-order chi connectivity index (χ0) is 19.5. The van der Waals surface area contributed by atoms with Crippen LogP contribution >= 0.6 is 0 Å². The topological polar surface area (TPSA) is 89.9 Å². The van der Waals surface area contributed by atoms with E-state index in [1.807, 2.05) is 54.3 Å². The highest BCUT2D eigenvalue weighted by atomic mass is 16.2. The number of nitrogens with zero attached hydrogens (tertiary/aromatic N) is 5. The summed E-state index contributed by atoms with van der Waals surface area (Å²) in [5, 5.41) is 12.5. The Hall–Kier alpha value is -3.06. The van der Waals surface area contributed by atoms with Crippen LogP contribution < -0.4 is 5.73 Å². The third kappa shape index (κ3) is 3.80. The lowest BCUT2D eigenvalue weighted by molar-refractivity contribution is -0.131. The summed E-state index contributed by atoms with van der Waals surface area (Å²) in [6.07, 6.45) is 0. The van der Waals surface area contributed by atoms with E-state index in [1.54, 1.807) is 0 Å². The van der Waals surface area contributed by atoms with Gasteiger partial charge in [0.25, 0.3) is 0 Å². The van der Waals surface area contributed by atoms with E-state index >= 15 is 0 Å². The highest BCUT2D eigenvalue weighted by Crippen LogP contribution is 2.32. The van der Waals surface area contributed by atoms with E-state index in [1.165, 1.54) is 15.9 Å². The van der Waals surface area contributed by atoms with Crippen molar-refractivity contribution in [3.05, 3.63) is 65.7 Å². The Bertz CT molecular complexity index is 937. The molecule has 0 unspecified atom stereocenters. The molecule has 3 aromatic rings. The van der Waals surface area contributed by atoms with E-state index in [4.69, 9.17) is 5.73 Å². The molecule has 7 nitrogen and oxygen atoms in total. The van der Waals surface area contributed by atoms with E-state index in [-0.39, 0.29) is 24.3 Å². The molecular weight excluding hydrogens is 352 g/mol. The predicted molar refractivity (Wildman–Crippen MR) is 106 cm³/mol. The summed E-state index contributed by atoms with van der Waals surface area (Å²) >= 11 is 0. The highest BCUT2D eigenvalue weighted by molar-refractivity contribution is 5.76. The van der Waals surface area contributed by atoms with Crippen molar-refractivity contribution in [1.82, 2.24) is 25.1 Å². The minimum atomic E-state index is -0.00950. The zero-order valence-electron chi connectivity index (χ0n) is 15.9. The number of amides is 1. The summed E-state index contributed by atoms with van der Waals surface area (Å²) in [7, 11) is 0. The van der Waals surface area contributed by atoms with Gasteiger partial charge in [-0.25, -0.2) is 0 Å². The Morgan fingerprint density at radius 1 is 1.11 bits per heavy atom. The van der Waals surface area contributed by atoms with Gasteiger partial charge >= 0.3 is 0 Å². The number of aromatic nitrogens is 4. The molecule has 1 aliphatic heterocycles. The van der Waals surface area contributed by atoms with Gasteiger partial charge in [0.1, 0.15) is 6.54 Å². The standard InChI is InChI=1S/C21H24N6O/c1-15-7-9-17(10-8-15)21-23-25-27(24-21)14-20(28)26-12-18(11-22)19(13-26)16-5-3-2-4-6-16/h2-10,18-19H,11-14,22H2,1H3/t18-,19+/m1/s1. The first-order valence-electron chi connectivity index (χ1n) is 9.51. The second kappa shape index (κ2) is 7.90. The van der Waals surface area contributed by atoms with Crippen LogP contribution in [0.3, 0.4) is 0 Å². The number of hydrogen-bond donors (Lipinski definition) is 1. The maximum atomic E-state index is 12.8. The molecule has 2 aromatic carbocycles. The zero-order valence-corrected chi connectivity index (χ0v) is 15.9. The first-order chi connectivity index (χ1) is 13.6. The second-order valence-electron chi connectivity index (χ2n) is 7.32. The van der Waals surface area contributed by atoms with Gasteiger partial charge in [-0.15, -0.1) is 10.2 Å². The number of carbonyl (C=O) groups is 1. The van der Waals surface area contributed by atoms with Gasteiger partial charge in [-0.3, -0.25) is 4.79 Å². The van der Waals surface area contributed by atoms with Gasteiger partial charge in [-0.05, 0) is 30.2 Å². The van der Waals surface area contributed by atoms with Crippen molar-refractivity contribution in [2.24, 2.45) is 11.7 Å². The van der Waals surface area contributed by atoms with E-state index in [9.17, 15) is 4.79 Å². The summed E-state index contributed by atoms with van der Waals surface area (Å²) in [6.45, 7) is 4.00. The fourth-order valence-corrected chi connectivity index (χ4v) is 3.74. The minimum absolute atomic E-state index is 0.00950. The van der Waals surface area contributed by atoms with Crippen molar-refractivity contribution in [2.75, 3.05) is 19.6 Å². The van der Waals surface area contributed by atoms with Crippen LogP contribution in [0.2, 0.25) is 0 Å². The van der Waals surface area contributed by atoms with Crippen LogP contribution in [0.25, 0.3) is 11.4 Å². The molecule has 0 spiro atoms. The van der Waals surface area contributed by atoms with Gasteiger partial charge in [0.05, 0.1) is 0 Å². The van der Waals surface area contributed by atoms with Crippen LogP contribution in [0.15, 0.2) is 54.6 Å². The Balaban J connectivity index is 1.43. The van der Waals surface area contributed by atoms with Gasteiger partial charge in [0.15, 0.2) is 0 Å². The quantitative estimate of drug-likeness (QED) is 0.734. The number of nitrogens with two attached hydrogens (primary N) is 1. The van der Waals surface area contributed by atoms with Crippen molar-refractivity contribution in [3.63, 3.8) is 0 Å². The van der Waals surface area contributed by atoms with Gasteiger partial charge in [0.2, 0.25) is 11.7 Å². The lowest BCUT2D eigenvalue weighted by Gasteiger charge is -2.16. The predicted octanol–water partition coefficient (Wildman–Crippen LogP) is 1.85. The van der Waals surface area contributed by atoms with Crippen molar-refractivity contribution < 1.29 is 4.79 Å². The molecule has 0 bridgehead atoms. The van der Waals surface area contributed by atoms with Gasteiger partial charge < -0.3 is 10.6 Å². The molecule has 0 aliphatic carbocycles. The van der Waals surface area contributed by atoms with E-state index < -0.39 is 0 Å². The fraction of sp³-hybridized carbons (Fsp3) is 0.333. The Kier molecular flexibility index (Phi) is 5.16. The summed E-state index contributed by atoms with van der Waals surface area (Å²) in [4.78, 5) is 16.0. The molecule has 0 saturated carbocycles. The first-order valence-corrected chi connectivity index (χ1v) is 9.51. The number of rotatable bonds is 5. The number of aryl methyl sites for hydroxylation is 1. The lowest BCUT2D eigenvalue weighted by atomic mass is 9.89. The van der Waals surface area contributed by atoms with E-state index in [2.05, 4.69) is 27.5 Å². The lowest BCUT2D eigenvalue weighted by Crippen LogP contribution is -2.33. The maximum absolute atomic E-state index is 12.8. The smallest absolute Gasteiger partial charge is 0.246 e. The van der Waals surface area contributed by atoms with Crippen LogP contribution in [0.4, 0.5) is 0 Å². The Labute approximate surface area is 164 Å². The molecule has 7 heteroatoms. The Morgan fingerprint density at radius 2 is 1.86 bits per heavy atom. The molecule has 2 N–H and O–H groups in total. The molecule has 144 valence electrons. The second-order valence-corrected chi connectivity index (χ2v) is 7.32. The molecule has 1 fully saturated rings. The molecule has 2 atom stereocenters. The maximum Gasteiger partial charge on any atom is 0.246 e. The number of benzene rings is 2. The largest absolute Gasteiger partial charge is 0.340 e. The minimum Gasteiger partial charge on any atom is -0.340 e. The summed E-state index contributed by atoms with van der Waals surface area (Å²) in [5.41, 5.74) is 9.26. The monoisotopic (exact) mass is 376 g/mol. The highest BCUT2D eigenvalue weighted by Gasteiger charge is 2.35. The molecule has 4 rings (SSSR count). The molecular formula is C21H24N6O. The van der Waals surface area contributed by atoms with Gasteiger partial charge in [0, 0.05) is 24.6 Å². The summed E-state index contributed by atoms with van der Waals surface area (Å²) in [5.74, 6) is 1.04. The van der Waals surface area contributed by atoms with Crippen LogP contribution in [-0.4, -0.2) is 50.6 Å². The van der Waals surface area contributed by atoms with Crippen LogP contribution in [0.1, 0.15) is 17.0 Å². The summed E-state index contributed by atoms with van der Waals surface area (Å²) < 4.78 is 0. The molecule has 1 aromatic heterocycles. The van der Waals surface area contributed by atoms with Crippen LogP contribution in [-0.2, 0) is 11.3 Å². The average molecular weight is 376 g/mol. The fourth-order valence-electron chi connectivity index (χ4n) is 3.74.